The zero-order valence-corrected chi connectivity index (χ0v) is 16.5. The predicted octanol–water partition coefficient (Wildman–Crippen LogP) is 1.44. The zero-order chi connectivity index (χ0) is 20.4. The molecule has 3 saturated carbocycles. The molecular formula is C18H18N8O2S. The van der Waals surface area contributed by atoms with E-state index in [1.165, 1.54) is 27.5 Å². The van der Waals surface area contributed by atoms with Gasteiger partial charge in [0.2, 0.25) is 0 Å². The summed E-state index contributed by atoms with van der Waals surface area (Å²) in [4.78, 5) is 12.4. The Labute approximate surface area is 167 Å². The van der Waals surface area contributed by atoms with Crippen molar-refractivity contribution in [2.45, 2.75) is 43.0 Å². The Morgan fingerprint density at radius 3 is 2.66 bits per heavy atom. The Bertz CT molecular complexity index is 1270. The van der Waals surface area contributed by atoms with E-state index < -0.39 is 21.0 Å². The van der Waals surface area contributed by atoms with Crippen LogP contribution in [0.15, 0.2) is 35.7 Å². The minimum absolute atomic E-state index is 0.0795. The van der Waals surface area contributed by atoms with E-state index in [1.807, 2.05) is 0 Å². The van der Waals surface area contributed by atoms with E-state index in [9.17, 15) is 13.7 Å². The molecule has 0 amide bonds. The zero-order valence-electron chi connectivity index (χ0n) is 15.6. The van der Waals surface area contributed by atoms with E-state index in [4.69, 9.17) is 5.73 Å². The highest BCUT2D eigenvalue weighted by atomic mass is 32.2. The maximum Gasteiger partial charge on any atom is 0.267 e. The Balaban J connectivity index is 1.72. The fourth-order valence-electron chi connectivity index (χ4n) is 4.71. The summed E-state index contributed by atoms with van der Waals surface area (Å²) in [6.45, 7) is 1.79. The van der Waals surface area contributed by atoms with E-state index >= 15 is 0 Å². The number of nitrogens with zero attached hydrogens (tertiary/aromatic N) is 7. The molecule has 6 rings (SSSR count). The molecule has 3 aromatic heterocycles. The van der Waals surface area contributed by atoms with Crippen molar-refractivity contribution in [1.29, 1.82) is 5.26 Å². The molecule has 29 heavy (non-hydrogen) atoms. The third-order valence-corrected chi connectivity index (χ3v) is 7.91. The van der Waals surface area contributed by atoms with Gasteiger partial charge in [-0.1, -0.05) is 0 Å². The number of pyridine rings is 1. The minimum atomic E-state index is -3.98. The molecule has 3 aromatic rings. The second-order valence-corrected chi connectivity index (χ2v) is 9.66. The molecule has 0 aliphatic heterocycles. The van der Waals surface area contributed by atoms with Crippen molar-refractivity contribution in [2.75, 3.05) is 10.0 Å². The largest absolute Gasteiger partial charge is 0.381 e. The monoisotopic (exact) mass is 410 g/mol. The van der Waals surface area contributed by atoms with E-state index in [-0.39, 0.29) is 22.2 Å². The second kappa shape index (κ2) is 5.64. The molecule has 148 valence electrons. The summed E-state index contributed by atoms with van der Waals surface area (Å²) in [6, 6.07) is 5.57. The van der Waals surface area contributed by atoms with Crippen LogP contribution in [0.25, 0.3) is 5.65 Å². The van der Waals surface area contributed by atoms with Gasteiger partial charge in [0.25, 0.3) is 10.0 Å². The number of anilines is 2. The quantitative estimate of drug-likeness (QED) is 0.680. The van der Waals surface area contributed by atoms with Gasteiger partial charge in [-0.15, -0.1) is 0 Å². The molecule has 0 saturated heterocycles. The van der Waals surface area contributed by atoms with Crippen LogP contribution in [-0.4, -0.2) is 38.5 Å². The minimum Gasteiger partial charge on any atom is -0.381 e. The lowest BCUT2D eigenvalue weighted by molar-refractivity contribution is 0.181. The lowest BCUT2D eigenvalue weighted by Crippen LogP contribution is -2.58. The number of sulfonamides is 1. The summed E-state index contributed by atoms with van der Waals surface area (Å²) < 4.78 is 30.3. The molecular weight excluding hydrogens is 392 g/mol. The van der Waals surface area contributed by atoms with Crippen molar-refractivity contribution >= 4 is 27.3 Å². The molecule has 2 bridgehead atoms. The number of nitrogens with two attached hydrogens (primary N) is 1. The van der Waals surface area contributed by atoms with Crippen LogP contribution >= 0.6 is 0 Å². The van der Waals surface area contributed by atoms with Crippen LogP contribution in [0.4, 0.5) is 11.6 Å². The molecule has 0 aromatic carbocycles. The smallest absolute Gasteiger partial charge is 0.267 e. The van der Waals surface area contributed by atoms with Crippen LogP contribution in [-0.2, 0) is 10.0 Å². The number of aryl methyl sites for hydroxylation is 1. The lowest BCUT2D eigenvalue weighted by Gasteiger charge is -2.49. The van der Waals surface area contributed by atoms with Crippen LogP contribution in [0, 0.1) is 23.7 Å². The van der Waals surface area contributed by atoms with Crippen molar-refractivity contribution in [3.63, 3.8) is 0 Å². The van der Waals surface area contributed by atoms with Crippen LogP contribution in [0.1, 0.15) is 31.4 Å². The fourth-order valence-corrected chi connectivity index (χ4v) is 6.45. The van der Waals surface area contributed by atoms with E-state index in [1.54, 1.807) is 19.1 Å². The first-order chi connectivity index (χ1) is 13.8. The standard InChI is InChI=1S/C18H18N8O2S/c1-12-2-3-13(6-21-12)29(27,28)26(18-5-4-17(8-18,9-18)10-19)14-7-22-16-15(20)23-11-24-25(14)16/h2-3,6-7,11H,4-5,8-9H2,1H3,(H2,20,23,24). The molecule has 3 aliphatic carbocycles. The molecule has 11 heteroatoms. The van der Waals surface area contributed by atoms with Crippen LogP contribution in [0.5, 0.6) is 0 Å². The van der Waals surface area contributed by atoms with Gasteiger partial charge in [0.1, 0.15) is 11.2 Å². The number of hydrogen-bond donors (Lipinski definition) is 1. The van der Waals surface area contributed by atoms with Gasteiger partial charge in [-0.25, -0.2) is 22.7 Å². The van der Waals surface area contributed by atoms with E-state index in [0.29, 0.717) is 25.7 Å². The number of nitriles is 1. The highest BCUT2D eigenvalue weighted by Crippen LogP contribution is 2.65. The van der Waals surface area contributed by atoms with Crippen molar-refractivity contribution < 1.29 is 8.42 Å². The summed E-state index contributed by atoms with van der Waals surface area (Å²) in [6.07, 6.45) is 6.26. The maximum absolute atomic E-state index is 13.8. The topological polar surface area (TPSA) is 143 Å². The summed E-state index contributed by atoms with van der Waals surface area (Å²) in [7, 11) is -3.98. The normalized spacial score (nSPS) is 25.5. The average Bonchev–Trinajstić information content (AvgIpc) is 3.35. The molecule has 0 radical (unpaired) electrons. The van der Waals surface area contributed by atoms with Gasteiger partial charge in [-0.3, -0.25) is 4.98 Å². The lowest BCUT2D eigenvalue weighted by atomic mass is 9.66. The molecule has 3 fully saturated rings. The van der Waals surface area contributed by atoms with Crippen molar-refractivity contribution in [3.8, 4) is 6.07 Å². The van der Waals surface area contributed by atoms with Gasteiger partial charge in [0.15, 0.2) is 17.3 Å². The van der Waals surface area contributed by atoms with Gasteiger partial charge in [0, 0.05) is 11.9 Å². The Morgan fingerprint density at radius 1 is 1.21 bits per heavy atom. The summed E-state index contributed by atoms with van der Waals surface area (Å²) >= 11 is 0. The molecule has 10 nitrogen and oxygen atoms in total. The van der Waals surface area contributed by atoms with Gasteiger partial charge < -0.3 is 5.73 Å². The summed E-state index contributed by atoms with van der Waals surface area (Å²) in [5, 5.41) is 13.7. The number of rotatable bonds is 4. The third kappa shape index (κ3) is 2.35. The molecule has 0 spiro atoms. The Hall–Kier alpha value is -3.26. The van der Waals surface area contributed by atoms with Crippen LogP contribution < -0.4 is 10.0 Å². The summed E-state index contributed by atoms with van der Waals surface area (Å²) in [5.41, 5.74) is 5.73. The number of nitrogen functional groups attached to an aromatic ring is 1. The number of aromatic nitrogens is 5. The van der Waals surface area contributed by atoms with Gasteiger partial charge in [-0.2, -0.15) is 14.9 Å². The summed E-state index contributed by atoms with van der Waals surface area (Å²) in [5.74, 6) is 0.438. The van der Waals surface area contributed by atoms with Gasteiger partial charge in [0.05, 0.1) is 23.2 Å². The first kappa shape index (κ1) is 17.8. The average molecular weight is 410 g/mol. The third-order valence-electron chi connectivity index (χ3n) is 6.02. The van der Waals surface area contributed by atoms with Crippen molar-refractivity contribution in [3.05, 3.63) is 36.5 Å². The van der Waals surface area contributed by atoms with E-state index in [2.05, 4.69) is 26.1 Å². The number of hydrogen-bond acceptors (Lipinski definition) is 8. The molecule has 0 unspecified atom stereocenters. The molecule has 3 aliphatic rings. The Morgan fingerprint density at radius 2 is 2.00 bits per heavy atom. The van der Waals surface area contributed by atoms with Crippen LogP contribution in [0.2, 0.25) is 0 Å². The highest BCUT2D eigenvalue weighted by molar-refractivity contribution is 7.92. The highest BCUT2D eigenvalue weighted by Gasteiger charge is 2.66. The molecule has 0 atom stereocenters. The van der Waals surface area contributed by atoms with Crippen LogP contribution in [0.3, 0.4) is 0 Å². The first-order valence-corrected chi connectivity index (χ1v) is 10.6. The second-order valence-electron chi connectivity index (χ2n) is 7.87. The van der Waals surface area contributed by atoms with Gasteiger partial charge >= 0.3 is 0 Å². The number of fused-ring (bicyclic) bond motifs is 2. The predicted molar refractivity (Wildman–Crippen MR) is 103 cm³/mol. The first-order valence-electron chi connectivity index (χ1n) is 9.14. The molecule has 2 N–H and O–H groups in total. The SMILES string of the molecule is Cc1ccc(S(=O)(=O)N(c2cnc3c(N)ncnn23)C23CCC(C#N)(C2)C3)cn1. The molecule has 3 heterocycles. The van der Waals surface area contributed by atoms with Crippen molar-refractivity contribution in [2.24, 2.45) is 5.41 Å². The fraction of sp³-hybridized carbons (Fsp3) is 0.389. The van der Waals surface area contributed by atoms with E-state index in [0.717, 1.165) is 5.69 Å². The van der Waals surface area contributed by atoms with Gasteiger partial charge in [-0.05, 0) is 44.7 Å². The number of imidazole rings is 1. The van der Waals surface area contributed by atoms with Crippen molar-refractivity contribution in [1.82, 2.24) is 24.6 Å². The maximum atomic E-state index is 13.8. The Kier molecular flexibility index (Phi) is 3.46.